The first-order chi connectivity index (χ1) is 12.1. The van der Waals surface area contributed by atoms with Gasteiger partial charge >= 0.3 is 5.97 Å². The topological polar surface area (TPSA) is 44.1 Å². The molecule has 0 aliphatic carbocycles. The van der Waals surface area contributed by atoms with Gasteiger partial charge in [0.25, 0.3) is 0 Å². The molecule has 2 aromatic carbocycles. The molecule has 0 bridgehead atoms. The quantitative estimate of drug-likeness (QED) is 0.558. The first-order valence-corrected chi connectivity index (χ1v) is 8.55. The number of imidazole rings is 1. The van der Waals surface area contributed by atoms with E-state index in [0.717, 1.165) is 5.56 Å². The van der Waals surface area contributed by atoms with Crippen LogP contribution in [0.3, 0.4) is 0 Å². The summed E-state index contributed by atoms with van der Waals surface area (Å²) < 4.78 is 7.69. The van der Waals surface area contributed by atoms with E-state index in [9.17, 15) is 4.79 Å². The van der Waals surface area contributed by atoms with Crippen LogP contribution in [0.15, 0.2) is 67.3 Å². The van der Waals surface area contributed by atoms with Gasteiger partial charge in [-0.3, -0.25) is 0 Å². The summed E-state index contributed by atoms with van der Waals surface area (Å²) in [4.78, 5) is 16.5. The van der Waals surface area contributed by atoms with Crippen LogP contribution in [0, 0.1) is 0 Å². The molecule has 6 heteroatoms. The number of aromatic nitrogens is 2. The number of esters is 1. The summed E-state index contributed by atoms with van der Waals surface area (Å²) in [6, 6.07) is 14.0. The van der Waals surface area contributed by atoms with Crippen molar-refractivity contribution in [2.24, 2.45) is 0 Å². The Bertz CT molecular complexity index is 816. The molecule has 3 rings (SSSR count). The molecule has 1 unspecified atom stereocenters. The van der Waals surface area contributed by atoms with Gasteiger partial charge in [0.1, 0.15) is 6.10 Å². The van der Waals surface area contributed by atoms with Crippen LogP contribution in [-0.2, 0) is 11.3 Å². The van der Waals surface area contributed by atoms with Gasteiger partial charge in [-0.05, 0) is 42.0 Å². The van der Waals surface area contributed by atoms with E-state index in [1.807, 2.05) is 22.9 Å². The summed E-state index contributed by atoms with van der Waals surface area (Å²) in [6.45, 7) is 0.682. The third-order valence-corrected chi connectivity index (χ3v) is 4.28. The average molecular weight is 375 g/mol. The molecule has 1 atom stereocenters. The molecule has 1 aromatic heterocycles. The summed E-state index contributed by atoms with van der Waals surface area (Å²) in [7, 11) is 0. The summed E-state index contributed by atoms with van der Waals surface area (Å²) in [5, 5.41) is 1.21. The van der Waals surface area contributed by atoms with E-state index in [1.54, 1.807) is 48.9 Å². The Kier molecular flexibility index (Phi) is 5.74. The summed E-state index contributed by atoms with van der Waals surface area (Å²) in [5.74, 6) is -0.387. The highest BCUT2D eigenvalue weighted by Gasteiger charge is 2.18. The minimum atomic E-state index is -0.387. The smallest absolute Gasteiger partial charge is 0.338 e. The van der Waals surface area contributed by atoms with Crippen molar-refractivity contribution >= 4 is 29.2 Å². The second kappa shape index (κ2) is 8.19. The van der Waals surface area contributed by atoms with Gasteiger partial charge in [-0.1, -0.05) is 35.3 Å². The molecule has 0 spiro atoms. The van der Waals surface area contributed by atoms with Crippen LogP contribution in [0.4, 0.5) is 0 Å². The predicted molar refractivity (Wildman–Crippen MR) is 97.9 cm³/mol. The minimum absolute atomic E-state index is 0.386. The molecular formula is C19H16Cl2N2O2. The SMILES string of the molecule is O=C(OC(CCn1ccnc1)c1ccc(Cl)cc1)c1ccc(Cl)cc1. The minimum Gasteiger partial charge on any atom is -0.454 e. The molecule has 0 saturated heterocycles. The van der Waals surface area contributed by atoms with Crippen molar-refractivity contribution in [3.8, 4) is 0 Å². The molecule has 1 heterocycles. The fourth-order valence-electron chi connectivity index (χ4n) is 2.44. The molecule has 0 fully saturated rings. The van der Waals surface area contributed by atoms with Crippen molar-refractivity contribution in [1.29, 1.82) is 0 Å². The van der Waals surface area contributed by atoms with Crippen LogP contribution < -0.4 is 0 Å². The number of benzene rings is 2. The maximum Gasteiger partial charge on any atom is 0.338 e. The van der Waals surface area contributed by atoms with Gasteiger partial charge < -0.3 is 9.30 Å². The molecule has 0 amide bonds. The molecule has 4 nitrogen and oxygen atoms in total. The van der Waals surface area contributed by atoms with Gasteiger partial charge in [-0.2, -0.15) is 0 Å². The highest BCUT2D eigenvalue weighted by atomic mass is 35.5. The lowest BCUT2D eigenvalue weighted by Gasteiger charge is -2.19. The Hall–Kier alpha value is -2.30. The highest BCUT2D eigenvalue weighted by molar-refractivity contribution is 6.30. The summed E-state index contributed by atoms with van der Waals surface area (Å²) >= 11 is 11.8. The van der Waals surface area contributed by atoms with Gasteiger partial charge in [-0.15, -0.1) is 0 Å². The number of nitrogens with zero attached hydrogens (tertiary/aromatic N) is 2. The molecule has 0 N–H and O–H groups in total. The van der Waals surface area contributed by atoms with E-state index in [-0.39, 0.29) is 12.1 Å². The van der Waals surface area contributed by atoms with Crippen LogP contribution in [0.2, 0.25) is 10.0 Å². The van der Waals surface area contributed by atoms with Crippen LogP contribution >= 0.6 is 23.2 Å². The molecular weight excluding hydrogens is 359 g/mol. The van der Waals surface area contributed by atoms with Crippen LogP contribution in [0.1, 0.15) is 28.4 Å². The maximum atomic E-state index is 12.5. The lowest BCUT2D eigenvalue weighted by molar-refractivity contribution is 0.0266. The monoisotopic (exact) mass is 374 g/mol. The Morgan fingerprint density at radius 2 is 1.68 bits per heavy atom. The lowest BCUT2D eigenvalue weighted by Crippen LogP contribution is -2.14. The zero-order valence-electron chi connectivity index (χ0n) is 13.3. The number of hydrogen-bond donors (Lipinski definition) is 0. The van der Waals surface area contributed by atoms with Crippen LogP contribution in [0.5, 0.6) is 0 Å². The van der Waals surface area contributed by atoms with E-state index in [4.69, 9.17) is 27.9 Å². The number of halogens is 2. The highest BCUT2D eigenvalue weighted by Crippen LogP contribution is 2.25. The Morgan fingerprint density at radius 3 is 2.28 bits per heavy atom. The van der Waals surface area contributed by atoms with Gasteiger partial charge in [0.2, 0.25) is 0 Å². The van der Waals surface area contributed by atoms with Crippen molar-refractivity contribution in [3.63, 3.8) is 0 Å². The number of rotatable bonds is 6. The van der Waals surface area contributed by atoms with E-state index < -0.39 is 0 Å². The third-order valence-electron chi connectivity index (χ3n) is 3.78. The largest absolute Gasteiger partial charge is 0.454 e. The molecule has 0 saturated carbocycles. The number of hydrogen-bond acceptors (Lipinski definition) is 3. The standard InChI is InChI=1S/C19H16Cl2N2O2/c20-16-5-1-14(2-6-16)18(9-11-23-12-10-22-13-23)25-19(24)15-3-7-17(21)8-4-15/h1-8,10,12-13,18H,9,11H2. The van der Waals surface area contributed by atoms with Crippen molar-refractivity contribution < 1.29 is 9.53 Å². The van der Waals surface area contributed by atoms with E-state index in [1.165, 1.54) is 0 Å². The number of carbonyl (C=O) groups is 1. The third kappa shape index (κ3) is 4.84. The van der Waals surface area contributed by atoms with Crippen LogP contribution in [0.25, 0.3) is 0 Å². The Balaban J connectivity index is 1.76. The Morgan fingerprint density at radius 1 is 1.04 bits per heavy atom. The second-order valence-electron chi connectivity index (χ2n) is 5.54. The molecule has 0 radical (unpaired) electrons. The van der Waals surface area contributed by atoms with Gasteiger partial charge in [0, 0.05) is 35.4 Å². The number of aryl methyl sites for hydroxylation is 1. The summed E-state index contributed by atoms with van der Waals surface area (Å²) in [5.41, 5.74) is 1.36. The van der Waals surface area contributed by atoms with E-state index in [2.05, 4.69) is 4.98 Å². The van der Waals surface area contributed by atoms with Crippen LogP contribution in [-0.4, -0.2) is 15.5 Å². The maximum absolute atomic E-state index is 12.5. The zero-order valence-corrected chi connectivity index (χ0v) is 14.8. The predicted octanol–water partition coefficient (Wildman–Crippen LogP) is 5.18. The molecule has 3 aromatic rings. The first-order valence-electron chi connectivity index (χ1n) is 7.79. The lowest BCUT2D eigenvalue weighted by atomic mass is 10.1. The average Bonchev–Trinajstić information content (AvgIpc) is 3.13. The normalized spacial score (nSPS) is 11.9. The molecule has 0 aliphatic rings. The number of carbonyl (C=O) groups excluding carboxylic acids is 1. The molecule has 0 aliphatic heterocycles. The fourth-order valence-corrected chi connectivity index (χ4v) is 2.69. The Labute approximate surface area is 156 Å². The number of ether oxygens (including phenoxy) is 1. The van der Waals surface area contributed by atoms with Crippen molar-refractivity contribution in [2.45, 2.75) is 19.1 Å². The first kappa shape index (κ1) is 17.5. The fraction of sp³-hybridized carbons (Fsp3) is 0.158. The second-order valence-corrected chi connectivity index (χ2v) is 6.41. The molecule has 25 heavy (non-hydrogen) atoms. The van der Waals surface area contributed by atoms with E-state index in [0.29, 0.717) is 28.6 Å². The van der Waals surface area contributed by atoms with Crippen molar-refractivity contribution in [3.05, 3.63) is 88.4 Å². The zero-order chi connectivity index (χ0) is 17.6. The summed E-state index contributed by atoms with van der Waals surface area (Å²) in [6.07, 6.45) is 5.57. The molecule has 128 valence electrons. The van der Waals surface area contributed by atoms with Crippen molar-refractivity contribution in [2.75, 3.05) is 0 Å². The van der Waals surface area contributed by atoms with E-state index >= 15 is 0 Å². The van der Waals surface area contributed by atoms with Crippen molar-refractivity contribution in [1.82, 2.24) is 9.55 Å². The van der Waals surface area contributed by atoms with Gasteiger partial charge in [0.05, 0.1) is 11.9 Å². The van der Waals surface area contributed by atoms with Gasteiger partial charge in [-0.25, -0.2) is 9.78 Å². The van der Waals surface area contributed by atoms with Gasteiger partial charge in [0.15, 0.2) is 0 Å².